The second-order valence-corrected chi connectivity index (χ2v) is 5.83. The van der Waals surface area contributed by atoms with E-state index >= 15 is 0 Å². The summed E-state index contributed by atoms with van der Waals surface area (Å²) in [6.45, 7) is 2.06. The van der Waals surface area contributed by atoms with Gasteiger partial charge in [-0.15, -0.1) is 11.3 Å². The van der Waals surface area contributed by atoms with E-state index in [4.69, 9.17) is 10.6 Å². The number of thiophene rings is 1. The lowest BCUT2D eigenvalue weighted by Gasteiger charge is -2.13. The zero-order valence-corrected chi connectivity index (χ0v) is 12.0. The van der Waals surface area contributed by atoms with Gasteiger partial charge < -0.3 is 10.2 Å². The van der Waals surface area contributed by atoms with E-state index in [9.17, 15) is 0 Å². The number of aryl methyl sites for hydroxylation is 2. The SMILES string of the molecule is CCC(OC)c1nc(NN)c2c3c(sc2n1)CCC3. The van der Waals surface area contributed by atoms with Gasteiger partial charge in [0, 0.05) is 12.0 Å². The predicted octanol–water partition coefficient (Wildman–Crippen LogP) is 2.56. The second kappa shape index (κ2) is 5.03. The summed E-state index contributed by atoms with van der Waals surface area (Å²) in [5, 5.41) is 1.11. The van der Waals surface area contributed by atoms with Crippen LogP contribution in [0.5, 0.6) is 0 Å². The molecule has 2 aromatic heterocycles. The largest absolute Gasteiger partial charge is 0.373 e. The molecule has 0 saturated heterocycles. The number of rotatable bonds is 4. The van der Waals surface area contributed by atoms with Gasteiger partial charge in [-0.1, -0.05) is 6.92 Å². The van der Waals surface area contributed by atoms with Gasteiger partial charge in [0.2, 0.25) is 0 Å². The maximum Gasteiger partial charge on any atom is 0.161 e. The van der Waals surface area contributed by atoms with Gasteiger partial charge in [0.15, 0.2) is 11.6 Å². The van der Waals surface area contributed by atoms with Crippen LogP contribution in [0.1, 0.15) is 42.1 Å². The Balaban J connectivity index is 2.19. The Kier molecular flexibility index (Phi) is 3.38. The quantitative estimate of drug-likeness (QED) is 0.664. The summed E-state index contributed by atoms with van der Waals surface area (Å²) in [6.07, 6.45) is 4.24. The molecule has 0 spiro atoms. The Morgan fingerprint density at radius 3 is 2.95 bits per heavy atom. The number of fused-ring (bicyclic) bond motifs is 3. The smallest absolute Gasteiger partial charge is 0.161 e. The van der Waals surface area contributed by atoms with Crippen LogP contribution in [0.2, 0.25) is 0 Å². The summed E-state index contributed by atoms with van der Waals surface area (Å²) in [7, 11) is 1.69. The molecule has 0 radical (unpaired) electrons. The Bertz CT molecular complexity index is 606. The molecule has 1 atom stereocenters. The molecule has 1 aliphatic carbocycles. The van der Waals surface area contributed by atoms with Crippen molar-refractivity contribution in [2.24, 2.45) is 5.84 Å². The third kappa shape index (κ3) is 2.00. The number of aromatic nitrogens is 2. The van der Waals surface area contributed by atoms with Crippen LogP contribution in [0.25, 0.3) is 10.2 Å². The van der Waals surface area contributed by atoms with Gasteiger partial charge in [-0.3, -0.25) is 0 Å². The summed E-state index contributed by atoms with van der Waals surface area (Å²) < 4.78 is 5.42. The molecule has 0 aliphatic heterocycles. The molecular weight excluding hydrogens is 260 g/mol. The molecule has 1 unspecified atom stereocenters. The number of methoxy groups -OCH3 is 1. The average molecular weight is 278 g/mol. The molecule has 0 amide bonds. The maximum atomic E-state index is 5.64. The van der Waals surface area contributed by atoms with Gasteiger partial charge in [-0.2, -0.15) is 0 Å². The highest BCUT2D eigenvalue weighted by molar-refractivity contribution is 7.19. The van der Waals surface area contributed by atoms with Gasteiger partial charge in [-0.25, -0.2) is 15.8 Å². The normalized spacial score (nSPS) is 15.7. The molecule has 3 rings (SSSR count). The van der Waals surface area contributed by atoms with E-state index in [0.29, 0.717) is 5.82 Å². The Labute approximate surface area is 116 Å². The number of hydrazine groups is 1. The average Bonchev–Trinajstić information content (AvgIpc) is 2.99. The minimum absolute atomic E-state index is 0.0755. The fourth-order valence-electron chi connectivity index (χ4n) is 2.72. The maximum absolute atomic E-state index is 5.64. The third-order valence-electron chi connectivity index (χ3n) is 3.66. The summed E-state index contributed by atoms with van der Waals surface area (Å²) >= 11 is 1.77. The van der Waals surface area contributed by atoms with E-state index < -0.39 is 0 Å². The molecule has 1 aliphatic rings. The predicted molar refractivity (Wildman–Crippen MR) is 77.3 cm³/mol. The van der Waals surface area contributed by atoms with Crippen molar-refractivity contribution in [1.82, 2.24) is 9.97 Å². The minimum atomic E-state index is -0.0755. The van der Waals surface area contributed by atoms with Crippen LogP contribution in [-0.4, -0.2) is 17.1 Å². The van der Waals surface area contributed by atoms with Crippen LogP contribution in [0.3, 0.4) is 0 Å². The van der Waals surface area contributed by atoms with Crippen molar-refractivity contribution < 1.29 is 4.74 Å². The van der Waals surface area contributed by atoms with Crippen molar-refractivity contribution in [2.45, 2.75) is 38.7 Å². The first-order chi connectivity index (χ1) is 9.28. The van der Waals surface area contributed by atoms with E-state index in [-0.39, 0.29) is 6.10 Å². The van der Waals surface area contributed by atoms with Crippen molar-refractivity contribution >= 4 is 27.4 Å². The molecule has 0 aromatic carbocycles. The highest BCUT2D eigenvalue weighted by atomic mass is 32.1. The molecule has 6 heteroatoms. The van der Waals surface area contributed by atoms with Crippen molar-refractivity contribution in [3.05, 3.63) is 16.3 Å². The molecule has 0 bridgehead atoms. The van der Waals surface area contributed by atoms with Crippen LogP contribution < -0.4 is 11.3 Å². The number of anilines is 1. The molecule has 2 heterocycles. The molecule has 102 valence electrons. The fraction of sp³-hybridized carbons (Fsp3) is 0.538. The van der Waals surface area contributed by atoms with Crippen molar-refractivity contribution in [3.63, 3.8) is 0 Å². The zero-order valence-electron chi connectivity index (χ0n) is 11.2. The van der Waals surface area contributed by atoms with Gasteiger partial charge in [-0.05, 0) is 31.2 Å². The van der Waals surface area contributed by atoms with Gasteiger partial charge >= 0.3 is 0 Å². The number of hydrogen-bond donors (Lipinski definition) is 2. The first-order valence-corrected chi connectivity index (χ1v) is 7.41. The molecular formula is C13H18N4OS. The Morgan fingerprint density at radius 2 is 2.26 bits per heavy atom. The van der Waals surface area contributed by atoms with E-state index in [1.54, 1.807) is 18.4 Å². The van der Waals surface area contributed by atoms with E-state index in [1.165, 1.54) is 16.9 Å². The number of nitrogen functional groups attached to an aromatic ring is 1. The molecule has 19 heavy (non-hydrogen) atoms. The number of hydrogen-bond acceptors (Lipinski definition) is 6. The monoisotopic (exact) mass is 278 g/mol. The summed E-state index contributed by atoms with van der Waals surface area (Å²) in [5.74, 6) is 7.09. The first kappa shape index (κ1) is 12.8. The summed E-state index contributed by atoms with van der Waals surface area (Å²) in [6, 6.07) is 0. The van der Waals surface area contributed by atoms with Gasteiger partial charge in [0.1, 0.15) is 10.9 Å². The lowest BCUT2D eigenvalue weighted by molar-refractivity contribution is 0.0930. The highest BCUT2D eigenvalue weighted by Crippen LogP contribution is 2.39. The molecule has 2 aromatic rings. The van der Waals surface area contributed by atoms with E-state index in [0.717, 1.165) is 35.3 Å². The van der Waals surface area contributed by atoms with Crippen LogP contribution in [0, 0.1) is 0 Å². The standard InChI is InChI=1S/C13H18N4OS/c1-3-8(18-2)11-15-12(17-14)10-7-5-4-6-9(7)19-13(10)16-11/h8H,3-6,14H2,1-2H3,(H,15,16,17). The second-order valence-electron chi connectivity index (χ2n) is 4.74. The van der Waals surface area contributed by atoms with Crippen LogP contribution >= 0.6 is 11.3 Å². The van der Waals surface area contributed by atoms with Crippen LogP contribution in [0.15, 0.2) is 0 Å². The van der Waals surface area contributed by atoms with E-state index in [2.05, 4.69) is 22.3 Å². The van der Waals surface area contributed by atoms with E-state index in [1.807, 2.05) is 0 Å². The lowest BCUT2D eigenvalue weighted by atomic mass is 10.2. The summed E-state index contributed by atoms with van der Waals surface area (Å²) in [4.78, 5) is 11.7. The Morgan fingerprint density at radius 1 is 1.42 bits per heavy atom. The summed E-state index contributed by atoms with van der Waals surface area (Å²) in [5.41, 5.74) is 4.11. The van der Waals surface area contributed by atoms with Crippen molar-refractivity contribution in [3.8, 4) is 0 Å². The van der Waals surface area contributed by atoms with Gasteiger partial charge in [0.05, 0.1) is 5.39 Å². The third-order valence-corrected chi connectivity index (χ3v) is 4.85. The zero-order chi connectivity index (χ0) is 13.4. The molecule has 5 nitrogen and oxygen atoms in total. The minimum Gasteiger partial charge on any atom is -0.373 e. The van der Waals surface area contributed by atoms with Crippen LogP contribution in [0.4, 0.5) is 5.82 Å². The first-order valence-electron chi connectivity index (χ1n) is 6.60. The molecule has 3 N–H and O–H groups in total. The number of nitrogens with zero attached hydrogens (tertiary/aromatic N) is 2. The number of nitrogens with two attached hydrogens (primary N) is 1. The number of nitrogens with one attached hydrogen (secondary N) is 1. The lowest BCUT2D eigenvalue weighted by Crippen LogP contribution is -2.13. The van der Waals surface area contributed by atoms with Crippen LogP contribution in [-0.2, 0) is 17.6 Å². The highest BCUT2D eigenvalue weighted by Gasteiger charge is 2.23. The molecule has 0 saturated carbocycles. The Hall–Kier alpha value is -1.24. The molecule has 0 fully saturated rings. The number of ether oxygens (including phenoxy) is 1. The van der Waals surface area contributed by atoms with Crippen molar-refractivity contribution in [2.75, 3.05) is 12.5 Å². The topological polar surface area (TPSA) is 73.1 Å². The van der Waals surface area contributed by atoms with Crippen molar-refractivity contribution in [1.29, 1.82) is 0 Å². The van der Waals surface area contributed by atoms with Gasteiger partial charge in [0.25, 0.3) is 0 Å². The fourth-order valence-corrected chi connectivity index (χ4v) is 3.98.